The van der Waals surface area contributed by atoms with Crippen molar-refractivity contribution in [2.75, 3.05) is 6.54 Å². The van der Waals surface area contributed by atoms with Crippen molar-refractivity contribution >= 4 is 21.1 Å². The van der Waals surface area contributed by atoms with Gasteiger partial charge in [0.25, 0.3) is 0 Å². The lowest BCUT2D eigenvalue weighted by molar-refractivity contribution is 0.315. The maximum Gasteiger partial charge on any atom is 0.242 e. The van der Waals surface area contributed by atoms with E-state index in [0.717, 1.165) is 12.8 Å². The van der Waals surface area contributed by atoms with Gasteiger partial charge < -0.3 is 0 Å². The zero-order valence-electron chi connectivity index (χ0n) is 11.1. The first-order valence-corrected chi connectivity index (χ1v) is 8.36. The molecular weight excluding hydrogens is 278 g/mol. The highest BCUT2D eigenvalue weighted by atomic mass is 32.2. The summed E-state index contributed by atoms with van der Waals surface area (Å²) in [5, 5.41) is 7.34. The second-order valence-corrected chi connectivity index (χ2v) is 6.98. The van der Waals surface area contributed by atoms with Crippen molar-refractivity contribution in [2.45, 2.75) is 37.0 Å². The van der Waals surface area contributed by atoms with E-state index in [2.05, 4.69) is 19.7 Å². The second-order valence-electron chi connectivity index (χ2n) is 5.24. The Hall–Kier alpha value is -1.47. The monoisotopic (exact) mass is 295 g/mol. The van der Waals surface area contributed by atoms with Crippen molar-refractivity contribution in [1.82, 2.24) is 15.0 Å². The Bertz CT molecular complexity index is 690. The first kappa shape index (κ1) is 13.5. The molecule has 1 heterocycles. The van der Waals surface area contributed by atoms with Crippen LogP contribution in [0.4, 0.5) is 0 Å². The summed E-state index contributed by atoms with van der Waals surface area (Å²) in [5.41, 5.74) is 0.731. The van der Waals surface area contributed by atoms with Gasteiger partial charge in [-0.25, -0.2) is 17.8 Å². The van der Waals surface area contributed by atoms with E-state index in [9.17, 15) is 8.42 Å². The summed E-state index contributed by atoms with van der Waals surface area (Å²) in [6, 6.07) is 4.84. The molecule has 0 spiro atoms. The summed E-state index contributed by atoms with van der Waals surface area (Å²) < 4.78 is 32.0. The third-order valence-corrected chi connectivity index (χ3v) is 5.28. The lowest BCUT2D eigenvalue weighted by atomic mass is 9.90. The largest absolute Gasteiger partial charge is 0.243 e. The van der Waals surface area contributed by atoms with Crippen LogP contribution in [0.25, 0.3) is 11.0 Å². The first-order valence-electron chi connectivity index (χ1n) is 6.88. The molecule has 0 amide bonds. The molecule has 3 rings (SSSR count). The third kappa shape index (κ3) is 2.69. The molecular formula is C13H17N3O3S. The quantitative estimate of drug-likeness (QED) is 0.933. The van der Waals surface area contributed by atoms with Crippen LogP contribution >= 0.6 is 0 Å². The Labute approximate surface area is 117 Å². The fourth-order valence-corrected chi connectivity index (χ4v) is 3.96. The Balaban J connectivity index is 1.79. The van der Waals surface area contributed by atoms with Crippen LogP contribution in [0, 0.1) is 5.92 Å². The lowest BCUT2D eigenvalue weighted by Gasteiger charge is -2.21. The lowest BCUT2D eigenvalue weighted by Crippen LogP contribution is -2.30. The molecule has 1 aliphatic rings. The zero-order valence-corrected chi connectivity index (χ0v) is 11.9. The van der Waals surface area contributed by atoms with Gasteiger partial charge in [-0.2, -0.15) is 0 Å². The molecule has 0 unspecified atom stereocenters. The van der Waals surface area contributed by atoms with Crippen LogP contribution < -0.4 is 4.72 Å². The molecule has 1 fully saturated rings. The maximum atomic E-state index is 12.4. The van der Waals surface area contributed by atoms with Gasteiger partial charge in [-0.1, -0.05) is 25.3 Å². The SMILES string of the molecule is O=S(=O)(NCC1CCCCC1)c1cccc2nonc12. The van der Waals surface area contributed by atoms with Crippen molar-refractivity contribution in [1.29, 1.82) is 0 Å². The van der Waals surface area contributed by atoms with Crippen molar-refractivity contribution < 1.29 is 13.0 Å². The fourth-order valence-electron chi connectivity index (χ4n) is 2.69. The van der Waals surface area contributed by atoms with Crippen LogP contribution in [0.1, 0.15) is 32.1 Å². The highest BCUT2D eigenvalue weighted by Gasteiger charge is 2.22. The Morgan fingerprint density at radius 1 is 1.20 bits per heavy atom. The third-order valence-electron chi connectivity index (χ3n) is 3.83. The predicted octanol–water partition coefficient (Wildman–Crippen LogP) is 2.08. The normalized spacial score (nSPS) is 17.6. The summed E-state index contributed by atoms with van der Waals surface area (Å²) >= 11 is 0. The summed E-state index contributed by atoms with van der Waals surface area (Å²) in [5.74, 6) is 0.438. The first-order chi connectivity index (χ1) is 9.67. The molecule has 1 N–H and O–H groups in total. The molecule has 108 valence electrons. The highest BCUT2D eigenvalue weighted by molar-refractivity contribution is 7.89. The van der Waals surface area contributed by atoms with Crippen molar-refractivity contribution in [3.05, 3.63) is 18.2 Å². The number of nitrogens with one attached hydrogen (secondary N) is 1. The van der Waals surface area contributed by atoms with E-state index in [1.165, 1.54) is 25.3 Å². The minimum absolute atomic E-state index is 0.132. The number of fused-ring (bicyclic) bond motifs is 1. The number of benzene rings is 1. The van der Waals surface area contributed by atoms with E-state index in [1.807, 2.05) is 0 Å². The smallest absolute Gasteiger partial charge is 0.242 e. The molecule has 0 aliphatic heterocycles. The molecule has 7 heteroatoms. The van der Waals surface area contributed by atoms with Crippen LogP contribution in [-0.4, -0.2) is 25.3 Å². The Morgan fingerprint density at radius 3 is 2.80 bits per heavy atom. The van der Waals surface area contributed by atoms with E-state index in [1.54, 1.807) is 12.1 Å². The van der Waals surface area contributed by atoms with Gasteiger partial charge in [0.15, 0.2) is 5.52 Å². The molecule has 0 bridgehead atoms. The van der Waals surface area contributed by atoms with E-state index in [0.29, 0.717) is 18.0 Å². The molecule has 0 saturated heterocycles. The van der Waals surface area contributed by atoms with E-state index >= 15 is 0 Å². The van der Waals surface area contributed by atoms with Crippen LogP contribution in [-0.2, 0) is 10.0 Å². The summed E-state index contributed by atoms with van der Waals surface area (Å²) in [4.78, 5) is 0.132. The molecule has 1 aliphatic carbocycles. The van der Waals surface area contributed by atoms with Gasteiger partial charge in [-0.3, -0.25) is 0 Å². The van der Waals surface area contributed by atoms with Gasteiger partial charge in [-0.05, 0) is 41.2 Å². The van der Waals surface area contributed by atoms with Gasteiger partial charge in [0.05, 0.1) is 0 Å². The molecule has 2 aromatic rings. The molecule has 6 nitrogen and oxygen atoms in total. The zero-order chi connectivity index (χ0) is 14.0. The number of nitrogens with zero attached hydrogens (tertiary/aromatic N) is 2. The number of aromatic nitrogens is 2. The van der Waals surface area contributed by atoms with Gasteiger partial charge in [0, 0.05) is 6.54 Å². The van der Waals surface area contributed by atoms with Gasteiger partial charge in [-0.15, -0.1) is 0 Å². The van der Waals surface area contributed by atoms with Crippen molar-refractivity contribution in [2.24, 2.45) is 5.92 Å². The van der Waals surface area contributed by atoms with E-state index < -0.39 is 10.0 Å². The number of hydrogen-bond acceptors (Lipinski definition) is 5. The van der Waals surface area contributed by atoms with Gasteiger partial charge in [0.1, 0.15) is 10.4 Å². The minimum Gasteiger partial charge on any atom is -0.243 e. The fraction of sp³-hybridized carbons (Fsp3) is 0.538. The molecule has 1 aromatic heterocycles. The number of hydrogen-bond donors (Lipinski definition) is 1. The number of sulfonamides is 1. The summed E-state index contributed by atoms with van der Waals surface area (Å²) in [6.07, 6.45) is 5.83. The van der Waals surface area contributed by atoms with Crippen molar-refractivity contribution in [3.63, 3.8) is 0 Å². The second kappa shape index (κ2) is 5.49. The van der Waals surface area contributed by atoms with Crippen LogP contribution in [0.3, 0.4) is 0 Å². The van der Waals surface area contributed by atoms with Gasteiger partial charge >= 0.3 is 0 Å². The predicted molar refractivity (Wildman–Crippen MR) is 73.6 cm³/mol. The van der Waals surface area contributed by atoms with Crippen LogP contribution in [0.2, 0.25) is 0 Å². The van der Waals surface area contributed by atoms with Crippen molar-refractivity contribution in [3.8, 4) is 0 Å². The molecule has 0 radical (unpaired) electrons. The maximum absolute atomic E-state index is 12.4. The highest BCUT2D eigenvalue weighted by Crippen LogP contribution is 2.24. The van der Waals surface area contributed by atoms with Crippen LogP contribution in [0.5, 0.6) is 0 Å². The average Bonchev–Trinajstić information content (AvgIpc) is 2.94. The summed E-state index contributed by atoms with van der Waals surface area (Å²) in [7, 11) is -3.57. The molecule has 0 atom stereocenters. The van der Waals surface area contributed by atoms with Gasteiger partial charge in [0.2, 0.25) is 10.0 Å². The average molecular weight is 295 g/mol. The number of rotatable bonds is 4. The summed E-state index contributed by atoms with van der Waals surface area (Å²) in [6.45, 7) is 0.490. The Morgan fingerprint density at radius 2 is 2.00 bits per heavy atom. The Kier molecular flexibility index (Phi) is 3.71. The molecule has 1 saturated carbocycles. The molecule has 20 heavy (non-hydrogen) atoms. The molecule has 1 aromatic carbocycles. The minimum atomic E-state index is -3.57. The standard InChI is InChI=1S/C13H17N3O3S/c17-20(18,14-9-10-5-2-1-3-6-10)12-8-4-7-11-13(12)16-19-15-11/h4,7-8,10,14H,1-3,5-6,9H2. The van der Waals surface area contributed by atoms with E-state index in [4.69, 9.17) is 0 Å². The topological polar surface area (TPSA) is 85.1 Å². The van der Waals surface area contributed by atoms with E-state index in [-0.39, 0.29) is 10.4 Å². The van der Waals surface area contributed by atoms with Crippen LogP contribution in [0.15, 0.2) is 27.7 Å².